The Morgan fingerprint density at radius 2 is 1.79 bits per heavy atom. The van der Waals surface area contributed by atoms with Gasteiger partial charge in [-0.25, -0.2) is 0 Å². The van der Waals surface area contributed by atoms with Gasteiger partial charge in [0.15, 0.2) is 0 Å². The number of hydrogen-bond donors (Lipinski definition) is 4. The normalized spacial score (nSPS) is 17.0. The lowest BCUT2D eigenvalue weighted by Gasteiger charge is -2.26. The average Bonchev–Trinajstić information content (AvgIpc) is 3.22. The molecule has 2 atom stereocenters. The first-order valence-electron chi connectivity index (χ1n) is 9.76. The molecule has 0 unspecified atom stereocenters. The van der Waals surface area contributed by atoms with Crippen molar-refractivity contribution in [3.8, 4) is 0 Å². The van der Waals surface area contributed by atoms with Crippen LogP contribution in [0, 0.1) is 5.41 Å². The first-order valence-corrected chi connectivity index (χ1v) is 9.76. The minimum Gasteiger partial charge on any atom is -0.384 e. The summed E-state index contributed by atoms with van der Waals surface area (Å²) < 4.78 is 0. The highest BCUT2D eigenvalue weighted by molar-refractivity contribution is 5.95. The lowest BCUT2D eigenvalue weighted by atomic mass is 10.1. The molecule has 7 nitrogen and oxygen atoms in total. The number of amidine groups is 1. The first kappa shape index (κ1) is 20.5. The van der Waals surface area contributed by atoms with Crippen LogP contribution in [-0.4, -0.2) is 41.2 Å². The van der Waals surface area contributed by atoms with Gasteiger partial charge < -0.3 is 21.7 Å². The standard InChI is InChI=1S/C22H27N5O2/c23-18(13-15-5-2-1-3-6-15)22(29)27-12-4-7-19(27)21(28)26-14-16-8-10-17(11-9-16)20(24)25/h1-3,5-6,8-11,18-19H,4,7,12-14,23H2,(H3,24,25)(H,26,28)/t18-,19+/m1/s1. The molecule has 3 rings (SSSR count). The van der Waals surface area contributed by atoms with Crippen molar-refractivity contribution in [3.05, 3.63) is 71.3 Å². The third kappa shape index (κ3) is 5.20. The van der Waals surface area contributed by atoms with Crippen molar-refractivity contribution in [1.82, 2.24) is 10.2 Å². The summed E-state index contributed by atoms with van der Waals surface area (Å²) in [5.74, 6) is -0.344. The predicted molar refractivity (Wildman–Crippen MR) is 112 cm³/mol. The molecule has 7 heteroatoms. The zero-order chi connectivity index (χ0) is 20.8. The van der Waals surface area contributed by atoms with E-state index in [9.17, 15) is 9.59 Å². The highest BCUT2D eigenvalue weighted by atomic mass is 16.2. The van der Waals surface area contributed by atoms with E-state index in [0.29, 0.717) is 31.5 Å². The Morgan fingerprint density at radius 3 is 2.45 bits per heavy atom. The highest BCUT2D eigenvalue weighted by Crippen LogP contribution is 2.19. The van der Waals surface area contributed by atoms with Crippen LogP contribution in [0.15, 0.2) is 54.6 Å². The summed E-state index contributed by atoms with van der Waals surface area (Å²) in [6.07, 6.45) is 1.88. The molecule has 6 N–H and O–H groups in total. The van der Waals surface area contributed by atoms with Crippen molar-refractivity contribution < 1.29 is 9.59 Å². The van der Waals surface area contributed by atoms with Crippen LogP contribution in [0.2, 0.25) is 0 Å². The van der Waals surface area contributed by atoms with Gasteiger partial charge in [0.1, 0.15) is 11.9 Å². The Kier molecular flexibility index (Phi) is 6.61. The molecule has 1 fully saturated rings. The fourth-order valence-corrected chi connectivity index (χ4v) is 3.58. The molecular formula is C22H27N5O2. The Morgan fingerprint density at radius 1 is 1.10 bits per heavy atom. The minimum absolute atomic E-state index is 0.00698. The lowest BCUT2D eigenvalue weighted by molar-refractivity contribution is -0.139. The second kappa shape index (κ2) is 9.34. The van der Waals surface area contributed by atoms with E-state index in [0.717, 1.165) is 17.5 Å². The van der Waals surface area contributed by atoms with Gasteiger partial charge in [0, 0.05) is 18.7 Å². The minimum atomic E-state index is -0.662. The van der Waals surface area contributed by atoms with E-state index < -0.39 is 12.1 Å². The topological polar surface area (TPSA) is 125 Å². The highest BCUT2D eigenvalue weighted by Gasteiger charge is 2.35. The number of amides is 2. The molecule has 2 aromatic carbocycles. The van der Waals surface area contributed by atoms with Crippen LogP contribution < -0.4 is 16.8 Å². The number of likely N-dealkylation sites (tertiary alicyclic amines) is 1. The van der Waals surface area contributed by atoms with Gasteiger partial charge in [0.2, 0.25) is 11.8 Å². The van der Waals surface area contributed by atoms with E-state index in [2.05, 4.69) is 5.32 Å². The summed E-state index contributed by atoms with van der Waals surface area (Å²) in [4.78, 5) is 27.1. The van der Waals surface area contributed by atoms with Crippen molar-refractivity contribution in [2.24, 2.45) is 11.5 Å². The number of nitrogens with one attached hydrogen (secondary N) is 2. The van der Waals surface area contributed by atoms with Gasteiger partial charge >= 0.3 is 0 Å². The number of hydrogen-bond acceptors (Lipinski definition) is 4. The molecule has 1 heterocycles. The SMILES string of the molecule is N=C(N)c1ccc(CNC(=O)[C@@H]2CCCN2C(=O)[C@H](N)Cc2ccccc2)cc1. The quantitative estimate of drug-likeness (QED) is 0.416. The Bertz CT molecular complexity index is 867. The van der Waals surface area contributed by atoms with Crippen molar-refractivity contribution in [1.29, 1.82) is 5.41 Å². The van der Waals surface area contributed by atoms with Gasteiger partial charge in [-0.2, -0.15) is 0 Å². The fraction of sp³-hybridized carbons (Fsp3) is 0.318. The average molecular weight is 393 g/mol. The smallest absolute Gasteiger partial charge is 0.243 e. The maximum Gasteiger partial charge on any atom is 0.243 e. The zero-order valence-electron chi connectivity index (χ0n) is 16.3. The molecule has 1 saturated heterocycles. The third-order valence-electron chi connectivity index (χ3n) is 5.19. The van der Waals surface area contributed by atoms with Crippen molar-refractivity contribution in [2.45, 2.75) is 37.9 Å². The van der Waals surface area contributed by atoms with Gasteiger partial charge in [-0.15, -0.1) is 0 Å². The fourth-order valence-electron chi connectivity index (χ4n) is 3.58. The largest absolute Gasteiger partial charge is 0.384 e. The molecule has 0 spiro atoms. The number of nitrogens with zero attached hydrogens (tertiary/aromatic N) is 1. The van der Waals surface area contributed by atoms with Gasteiger partial charge in [-0.3, -0.25) is 15.0 Å². The van der Waals surface area contributed by atoms with E-state index in [1.807, 2.05) is 42.5 Å². The van der Waals surface area contributed by atoms with E-state index in [4.69, 9.17) is 16.9 Å². The Hall–Kier alpha value is -3.19. The summed E-state index contributed by atoms with van der Waals surface area (Å²) in [5, 5.41) is 10.3. The van der Waals surface area contributed by atoms with Crippen LogP contribution >= 0.6 is 0 Å². The summed E-state index contributed by atoms with van der Waals surface area (Å²) in [6, 6.07) is 15.6. The number of nitrogens with two attached hydrogens (primary N) is 2. The molecule has 0 saturated carbocycles. The maximum atomic E-state index is 12.8. The van der Waals surface area contributed by atoms with E-state index in [1.165, 1.54) is 0 Å². The second-order valence-corrected chi connectivity index (χ2v) is 7.31. The molecule has 152 valence electrons. The number of nitrogen functional groups attached to an aromatic ring is 1. The number of rotatable bonds is 7. The second-order valence-electron chi connectivity index (χ2n) is 7.31. The third-order valence-corrected chi connectivity index (χ3v) is 5.19. The summed E-state index contributed by atoms with van der Waals surface area (Å²) >= 11 is 0. The molecule has 0 aromatic heterocycles. The van der Waals surface area contributed by atoms with Crippen molar-refractivity contribution in [2.75, 3.05) is 6.54 Å². The summed E-state index contributed by atoms with van der Waals surface area (Å²) in [7, 11) is 0. The van der Waals surface area contributed by atoms with Crippen LogP contribution in [0.1, 0.15) is 29.5 Å². The zero-order valence-corrected chi connectivity index (χ0v) is 16.3. The maximum absolute atomic E-state index is 12.8. The molecule has 1 aliphatic heterocycles. The van der Waals surface area contributed by atoms with Crippen LogP contribution in [-0.2, 0) is 22.6 Å². The first-order chi connectivity index (χ1) is 14.0. The van der Waals surface area contributed by atoms with Gasteiger partial charge in [0.25, 0.3) is 0 Å². The number of benzene rings is 2. The number of carbonyl (C=O) groups excluding carboxylic acids is 2. The predicted octanol–water partition coefficient (Wildman–Crippen LogP) is 1.15. The van der Waals surface area contributed by atoms with Gasteiger partial charge in [-0.1, -0.05) is 54.6 Å². The van der Waals surface area contributed by atoms with Gasteiger partial charge in [0.05, 0.1) is 6.04 Å². The molecular weight excluding hydrogens is 366 g/mol. The summed E-state index contributed by atoms with van der Waals surface area (Å²) in [5.41, 5.74) is 14.1. The molecule has 0 aliphatic carbocycles. The summed E-state index contributed by atoms with van der Waals surface area (Å²) in [6.45, 7) is 0.901. The Balaban J connectivity index is 1.56. The molecule has 2 aromatic rings. The van der Waals surface area contributed by atoms with Crippen LogP contribution in [0.5, 0.6) is 0 Å². The van der Waals surface area contributed by atoms with Gasteiger partial charge in [-0.05, 0) is 30.4 Å². The van der Waals surface area contributed by atoms with E-state index in [1.54, 1.807) is 17.0 Å². The van der Waals surface area contributed by atoms with Crippen LogP contribution in [0.4, 0.5) is 0 Å². The van der Waals surface area contributed by atoms with E-state index >= 15 is 0 Å². The monoisotopic (exact) mass is 393 g/mol. The number of carbonyl (C=O) groups is 2. The van der Waals surface area contributed by atoms with Crippen molar-refractivity contribution >= 4 is 17.6 Å². The van der Waals surface area contributed by atoms with Crippen LogP contribution in [0.3, 0.4) is 0 Å². The molecule has 29 heavy (non-hydrogen) atoms. The molecule has 0 radical (unpaired) electrons. The lowest BCUT2D eigenvalue weighted by Crippen LogP contribution is -2.51. The molecule has 1 aliphatic rings. The van der Waals surface area contributed by atoms with Crippen LogP contribution in [0.25, 0.3) is 0 Å². The van der Waals surface area contributed by atoms with Crippen molar-refractivity contribution in [3.63, 3.8) is 0 Å². The molecule has 0 bridgehead atoms. The molecule has 2 amide bonds. The van der Waals surface area contributed by atoms with E-state index in [-0.39, 0.29) is 17.6 Å². The Labute approximate surface area is 170 Å².